The minimum Gasteiger partial charge on any atom is -0.479 e. The zero-order chi connectivity index (χ0) is 16.4. The zero-order valence-corrected chi connectivity index (χ0v) is 13.6. The minimum atomic E-state index is -1.07. The lowest BCUT2D eigenvalue weighted by molar-refractivity contribution is -0.154. The number of nitrogens with one attached hydrogen (secondary N) is 1. The molecule has 120 valence electrons. The zero-order valence-electron chi connectivity index (χ0n) is 12.0. The molecule has 1 atom stereocenters. The molecule has 1 fully saturated rings. The number of aliphatic carboxylic acids is 1. The van der Waals surface area contributed by atoms with Crippen LogP contribution in [-0.2, 0) is 9.53 Å². The van der Waals surface area contributed by atoms with Crippen molar-refractivity contribution in [3.8, 4) is 11.3 Å². The molecule has 1 aromatic heterocycles. The summed E-state index contributed by atoms with van der Waals surface area (Å²) in [4.78, 5) is 25.1. The number of morpholine rings is 1. The van der Waals surface area contributed by atoms with E-state index in [4.69, 9.17) is 9.84 Å². The van der Waals surface area contributed by atoms with Crippen molar-refractivity contribution in [1.82, 2.24) is 15.1 Å². The first-order valence-electron chi connectivity index (χ1n) is 7.01. The fourth-order valence-corrected chi connectivity index (χ4v) is 2.97. The van der Waals surface area contributed by atoms with Gasteiger partial charge in [-0.3, -0.25) is 9.89 Å². The molecular weight excluding hydrogens is 366 g/mol. The normalized spacial score (nSPS) is 18.0. The predicted molar refractivity (Wildman–Crippen MR) is 85.0 cm³/mol. The summed E-state index contributed by atoms with van der Waals surface area (Å²) in [6, 6.07) is 9.46. The molecule has 0 radical (unpaired) electrons. The van der Waals surface area contributed by atoms with Crippen molar-refractivity contribution in [3.05, 3.63) is 40.5 Å². The molecule has 0 saturated carbocycles. The third-order valence-corrected chi connectivity index (χ3v) is 4.37. The average molecular weight is 380 g/mol. The van der Waals surface area contributed by atoms with Crippen LogP contribution in [0, 0.1) is 0 Å². The Balaban J connectivity index is 1.83. The highest BCUT2D eigenvalue weighted by Crippen LogP contribution is 2.29. The SMILES string of the molecule is O=C(O)[C@@H]1CN(C(=O)c2[nH]nc(-c3ccccc3)c2Br)CCO1. The second-order valence-corrected chi connectivity index (χ2v) is 5.87. The Hall–Kier alpha value is -2.19. The van der Waals surface area contributed by atoms with Crippen molar-refractivity contribution in [2.45, 2.75) is 6.10 Å². The first-order valence-corrected chi connectivity index (χ1v) is 7.80. The van der Waals surface area contributed by atoms with E-state index in [0.29, 0.717) is 22.4 Å². The fourth-order valence-electron chi connectivity index (χ4n) is 2.40. The molecule has 8 heteroatoms. The van der Waals surface area contributed by atoms with Crippen LogP contribution in [0.25, 0.3) is 11.3 Å². The molecule has 2 heterocycles. The third kappa shape index (κ3) is 3.13. The average Bonchev–Trinajstić information content (AvgIpc) is 2.96. The number of halogens is 1. The largest absolute Gasteiger partial charge is 0.479 e. The fraction of sp³-hybridized carbons (Fsp3) is 0.267. The van der Waals surface area contributed by atoms with Gasteiger partial charge in [-0.05, 0) is 15.9 Å². The second-order valence-electron chi connectivity index (χ2n) is 5.08. The van der Waals surface area contributed by atoms with Crippen LogP contribution < -0.4 is 0 Å². The smallest absolute Gasteiger partial charge is 0.334 e. The van der Waals surface area contributed by atoms with Crippen molar-refractivity contribution in [1.29, 1.82) is 0 Å². The van der Waals surface area contributed by atoms with Crippen LogP contribution >= 0.6 is 15.9 Å². The Bertz CT molecular complexity index is 732. The number of benzene rings is 1. The number of hydrogen-bond acceptors (Lipinski definition) is 4. The summed E-state index contributed by atoms with van der Waals surface area (Å²) >= 11 is 3.41. The van der Waals surface area contributed by atoms with Gasteiger partial charge in [-0.15, -0.1) is 0 Å². The highest BCUT2D eigenvalue weighted by atomic mass is 79.9. The van der Waals surface area contributed by atoms with Crippen LogP contribution in [0.3, 0.4) is 0 Å². The maximum Gasteiger partial charge on any atom is 0.334 e. The van der Waals surface area contributed by atoms with E-state index < -0.39 is 12.1 Å². The van der Waals surface area contributed by atoms with Gasteiger partial charge in [0.1, 0.15) is 11.4 Å². The van der Waals surface area contributed by atoms with Gasteiger partial charge >= 0.3 is 5.97 Å². The molecule has 1 aliphatic heterocycles. The number of amides is 1. The number of nitrogens with zero attached hydrogens (tertiary/aromatic N) is 2. The Morgan fingerprint density at radius 2 is 2.09 bits per heavy atom. The molecule has 1 aliphatic rings. The van der Waals surface area contributed by atoms with Crippen molar-refractivity contribution in [2.24, 2.45) is 0 Å². The summed E-state index contributed by atoms with van der Waals surface area (Å²) < 4.78 is 5.69. The van der Waals surface area contributed by atoms with E-state index in [1.54, 1.807) is 0 Å². The lowest BCUT2D eigenvalue weighted by atomic mass is 10.1. The van der Waals surface area contributed by atoms with E-state index in [0.717, 1.165) is 5.56 Å². The van der Waals surface area contributed by atoms with Crippen molar-refractivity contribution in [2.75, 3.05) is 19.7 Å². The number of carbonyl (C=O) groups is 2. The number of rotatable bonds is 3. The number of hydrogen-bond donors (Lipinski definition) is 2. The van der Waals surface area contributed by atoms with Crippen LogP contribution in [0.4, 0.5) is 0 Å². The lowest BCUT2D eigenvalue weighted by Gasteiger charge is -2.30. The highest BCUT2D eigenvalue weighted by molar-refractivity contribution is 9.10. The molecule has 1 aromatic carbocycles. The van der Waals surface area contributed by atoms with Gasteiger partial charge in [0.15, 0.2) is 6.10 Å². The molecule has 23 heavy (non-hydrogen) atoms. The minimum absolute atomic E-state index is 0.0142. The molecule has 0 bridgehead atoms. The molecule has 1 saturated heterocycles. The first-order chi connectivity index (χ1) is 11.1. The topological polar surface area (TPSA) is 95.5 Å². The standard InChI is InChI=1S/C15H14BrN3O4/c16-11-12(9-4-2-1-3-5-9)17-18-13(11)14(20)19-6-7-23-10(8-19)15(21)22/h1-5,10H,6-8H2,(H,17,18)(H,21,22)/t10-/m0/s1. The summed E-state index contributed by atoms with van der Waals surface area (Å²) in [5.41, 5.74) is 1.81. The van der Waals surface area contributed by atoms with Crippen LogP contribution in [0.1, 0.15) is 10.5 Å². The van der Waals surface area contributed by atoms with Crippen molar-refractivity contribution >= 4 is 27.8 Å². The molecule has 2 N–H and O–H groups in total. The van der Waals surface area contributed by atoms with Gasteiger partial charge in [0.05, 0.1) is 17.6 Å². The summed E-state index contributed by atoms with van der Waals surface area (Å²) in [6.07, 6.45) is -0.997. The quantitative estimate of drug-likeness (QED) is 0.846. The van der Waals surface area contributed by atoms with E-state index >= 15 is 0 Å². The predicted octanol–water partition coefficient (Wildman–Crippen LogP) is 1.76. The number of ether oxygens (including phenoxy) is 1. The molecule has 2 aromatic rings. The molecule has 0 spiro atoms. The number of carbonyl (C=O) groups excluding carboxylic acids is 1. The van der Waals surface area contributed by atoms with Gasteiger partial charge in [-0.1, -0.05) is 30.3 Å². The summed E-state index contributed by atoms with van der Waals surface area (Å²) in [6.45, 7) is 0.551. The monoisotopic (exact) mass is 379 g/mol. The number of carboxylic acid groups (broad SMARTS) is 1. The van der Waals surface area contributed by atoms with Gasteiger partial charge in [0.25, 0.3) is 5.91 Å². The van der Waals surface area contributed by atoms with E-state index in [1.807, 2.05) is 30.3 Å². The van der Waals surface area contributed by atoms with Gasteiger partial charge in [-0.2, -0.15) is 5.10 Å². The second kappa shape index (κ2) is 6.51. The van der Waals surface area contributed by atoms with Gasteiger partial charge in [0, 0.05) is 12.1 Å². The van der Waals surface area contributed by atoms with Crippen molar-refractivity contribution < 1.29 is 19.4 Å². The number of aromatic nitrogens is 2. The molecule has 7 nitrogen and oxygen atoms in total. The molecule has 3 rings (SSSR count). The summed E-state index contributed by atoms with van der Waals surface area (Å²) in [5, 5.41) is 15.9. The Kier molecular flexibility index (Phi) is 4.44. The number of aromatic amines is 1. The Morgan fingerprint density at radius 1 is 1.35 bits per heavy atom. The van der Waals surface area contributed by atoms with Crippen LogP contribution in [-0.4, -0.2) is 57.9 Å². The Labute approximate surface area is 140 Å². The lowest BCUT2D eigenvalue weighted by Crippen LogP contribution is -2.48. The van der Waals surface area contributed by atoms with Crippen LogP contribution in [0.2, 0.25) is 0 Å². The first kappa shape index (κ1) is 15.7. The van der Waals surface area contributed by atoms with Crippen molar-refractivity contribution in [3.63, 3.8) is 0 Å². The van der Waals surface area contributed by atoms with Gasteiger partial charge in [-0.25, -0.2) is 4.79 Å². The number of carboxylic acids is 1. The molecule has 0 aliphatic carbocycles. The van der Waals surface area contributed by atoms with Gasteiger partial charge < -0.3 is 14.7 Å². The van der Waals surface area contributed by atoms with E-state index in [2.05, 4.69) is 26.1 Å². The maximum absolute atomic E-state index is 12.6. The van der Waals surface area contributed by atoms with E-state index in [9.17, 15) is 9.59 Å². The third-order valence-electron chi connectivity index (χ3n) is 3.60. The van der Waals surface area contributed by atoms with Crippen LogP contribution in [0.15, 0.2) is 34.8 Å². The number of H-pyrrole nitrogens is 1. The van der Waals surface area contributed by atoms with Crippen LogP contribution in [0.5, 0.6) is 0 Å². The summed E-state index contributed by atoms with van der Waals surface area (Å²) in [7, 11) is 0. The highest BCUT2D eigenvalue weighted by Gasteiger charge is 2.31. The van der Waals surface area contributed by atoms with Gasteiger partial charge in [0.2, 0.25) is 0 Å². The molecule has 1 amide bonds. The molecular formula is C15H14BrN3O4. The molecule has 0 unspecified atom stereocenters. The van der Waals surface area contributed by atoms with E-state index in [-0.39, 0.29) is 19.1 Å². The Morgan fingerprint density at radius 3 is 2.78 bits per heavy atom. The van der Waals surface area contributed by atoms with E-state index in [1.165, 1.54) is 4.90 Å². The maximum atomic E-state index is 12.6. The summed E-state index contributed by atoms with van der Waals surface area (Å²) in [5.74, 6) is -1.38.